The molecule has 0 unspecified atom stereocenters. The Bertz CT molecular complexity index is 1260. The van der Waals surface area contributed by atoms with Crippen LogP contribution in [-0.2, 0) is 20.2 Å². The number of hydrogen-bond donors (Lipinski definition) is 2. The van der Waals surface area contributed by atoms with Gasteiger partial charge >= 0.3 is 0 Å². The van der Waals surface area contributed by atoms with E-state index in [-0.39, 0.29) is 17.6 Å². The van der Waals surface area contributed by atoms with Crippen LogP contribution in [0.5, 0.6) is 11.5 Å². The van der Waals surface area contributed by atoms with Gasteiger partial charge in [0.2, 0.25) is 22.7 Å². The number of rotatable bonds is 5. The minimum atomic E-state index is -3.72. The molecule has 1 aliphatic heterocycles. The van der Waals surface area contributed by atoms with E-state index in [0.29, 0.717) is 17.2 Å². The fraction of sp³-hybridized carbons (Fsp3) is 0.174. The van der Waals surface area contributed by atoms with Crippen LogP contribution < -0.4 is 19.9 Å². The second-order valence-electron chi connectivity index (χ2n) is 7.75. The minimum absolute atomic E-state index is 0.0448. The smallest absolute Gasteiger partial charge is 0.238 e. The van der Waals surface area contributed by atoms with E-state index in [1.165, 1.54) is 12.1 Å². The summed E-state index contributed by atoms with van der Waals surface area (Å²) in [4.78, 5) is 13.1. The molecule has 3 N–H and O–H groups in total. The lowest BCUT2D eigenvalue weighted by atomic mass is 9.94. The van der Waals surface area contributed by atoms with E-state index in [4.69, 9.17) is 14.6 Å². The van der Waals surface area contributed by atoms with Gasteiger partial charge in [-0.3, -0.25) is 4.79 Å². The van der Waals surface area contributed by atoms with Crippen molar-refractivity contribution in [2.45, 2.75) is 23.2 Å². The highest BCUT2D eigenvalue weighted by Gasteiger charge is 2.51. The lowest BCUT2D eigenvalue weighted by Crippen LogP contribution is -2.27. The van der Waals surface area contributed by atoms with Crippen LogP contribution in [0.15, 0.2) is 71.6 Å². The van der Waals surface area contributed by atoms with Gasteiger partial charge in [0, 0.05) is 5.69 Å². The summed E-state index contributed by atoms with van der Waals surface area (Å²) in [5.41, 5.74) is 2.84. The number of carbonyl (C=O) groups excluding carboxylic acids is 1. The predicted molar refractivity (Wildman–Crippen MR) is 115 cm³/mol. The lowest BCUT2D eigenvalue weighted by Gasteiger charge is -2.16. The summed E-state index contributed by atoms with van der Waals surface area (Å²) in [5, 5.41) is 8.15. The van der Waals surface area contributed by atoms with Gasteiger partial charge in [0.25, 0.3) is 0 Å². The normalized spacial score (nSPS) is 16.0. The summed E-state index contributed by atoms with van der Waals surface area (Å²) in [6.45, 7) is 0.203. The van der Waals surface area contributed by atoms with Crippen molar-refractivity contribution in [3.05, 3.63) is 72.3 Å². The number of benzene rings is 3. The standard InChI is InChI=1S/C23H20N2O5S/c24-31(27,28)19-8-3-16(4-9-19)15-1-6-18(7-2-15)25-22(26)23(11-12-23)17-5-10-20-21(13-17)30-14-29-20/h1-10,13H,11-12,14H2,(H,25,26)(H2,24,27,28). The molecule has 0 saturated heterocycles. The zero-order valence-electron chi connectivity index (χ0n) is 16.5. The number of carbonyl (C=O) groups is 1. The predicted octanol–water partition coefficient (Wildman–Crippen LogP) is 3.40. The molecule has 1 fully saturated rings. The Morgan fingerprint density at radius 3 is 2.10 bits per heavy atom. The summed E-state index contributed by atoms with van der Waals surface area (Å²) >= 11 is 0. The molecule has 3 aromatic rings. The molecule has 7 nitrogen and oxygen atoms in total. The Morgan fingerprint density at radius 2 is 1.48 bits per heavy atom. The SMILES string of the molecule is NS(=O)(=O)c1ccc(-c2ccc(NC(=O)C3(c4ccc5c(c4)OCO5)CC3)cc2)cc1. The van der Waals surface area contributed by atoms with E-state index in [2.05, 4.69) is 5.32 Å². The van der Waals surface area contributed by atoms with Crippen molar-refractivity contribution in [1.29, 1.82) is 0 Å². The van der Waals surface area contributed by atoms with Crippen LogP contribution in [0, 0.1) is 0 Å². The third kappa shape index (κ3) is 3.64. The van der Waals surface area contributed by atoms with Crippen molar-refractivity contribution in [2.75, 3.05) is 12.1 Å². The van der Waals surface area contributed by atoms with Gasteiger partial charge in [-0.05, 0) is 65.9 Å². The van der Waals surface area contributed by atoms with E-state index >= 15 is 0 Å². The molecule has 0 atom stereocenters. The highest BCUT2D eigenvalue weighted by Crippen LogP contribution is 2.51. The number of amides is 1. The third-order valence-electron chi connectivity index (χ3n) is 5.77. The summed E-state index contributed by atoms with van der Waals surface area (Å²) in [7, 11) is -3.72. The fourth-order valence-corrected chi connectivity index (χ4v) is 4.32. The highest BCUT2D eigenvalue weighted by atomic mass is 32.2. The van der Waals surface area contributed by atoms with Gasteiger partial charge in [-0.15, -0.1) is 0 Å². The molecule has 8 heteroatoms. The van der Waals surface area contributed by atoms with E-state index in [0.717, 1.165) is 29.5 Å². The molecule has 2 aliphatic rings. The van der Waals surface area contributed by atoms with Crippen molar-refractivity contribution in [3.63, 3.8) is 0 Å². The van der Waals surface area contributed by atoms with Crippen LogP contribution in [0.1, 0.15) is 18.4 Å². The van der Waals surface area contributed by atoms with Crippen molar-refractivity contribution < 1.29 is 22.7 Å². The van der Waals surface area contributed by atoms with Gasteiger partial charge in [-0.25, -0.2) is 13.6 Å². The number of primary sulfonamides is 1. The molecular weight excluding hydrogens is 416 g/mol. The van der Waals surface area contributed by atoms with Crippen LogP contribution in [-0.4, -0.2) is 21.1 Å². The first-order chi connectivity index (χ1) is 14.8. The maximum absolute atomic E-state index is 13.0. The second kappa shape index (κ2) is 7.11. The molecule has 1 amide bonds. The fourth-order valence-electron chi connectivity index (χ4n) is 3.80. The number of nitrogens with one attached hydrogen (secondary N) is 1. The molecule has 0 spiro atoms. The molecule has 0 bridgehead atoms. The quantitative estimate of drug-likeness (QED) is 0.637. The topological polar surface area (TPSA) is 108 Å². The summed E-state index contributed by atoms with van der Waals surface area (Å²) < 4.78 is 33.6. The molecule has 1 aliphatic carbocycles. The Morgan fingerprint density at radius 1 is 0.871 bits per heavy atom. The van der Waals surface area contributed by atoms with Crippen LogP contribution >= 0.6 is 0 Å². The third-order valence-corrected chi connectivity index (χ3v) is 6.70. The Kier molecular flexibility index (Phi) is 4.49. The van der Waals surface area contributed by atoms with Gasteiger partial charge in [-0.1, -0.05) is 30.3 Å². The zero-order valence-corrected chi connectivity index (χ0v) is 17.3. The van der Waals surface area contributed by atoms with Crippen molar-refractivity contribution in [2.24, 2.45) is 5.14 Å². The molecule has 31 heavy (non-hydrogen) atoms. The van der Waals surface area contributed by atoms with Gasteiger partial charge in [0.1, 0.15) is 0 Å². The molecule has 0 aromatic heterocycles. The second-order valence-corrected chi connectivity index (χ2v) is 9.31. The Balaban J connectivity index is 1.31. The molecule has 1 heterocycles. The van der Waals surface area contributed by atoms with Crippen LogP contribution in [0.2, 0.25) is 0 Å². The first kappa shape index (κ1) is 19.6. The Labute approximate surface area is 179 Å². The molecule has 5 rings (SSSR count). The number of fused-ring (bicyclic) bond motifs is 1. The van der Waals surface area contributed by atoms with Crippen LogP contribution in [0.25, 0.3) is 11.1 Å². The first-order valence-corrected chi connectivity index (χ1v) is 11.3. The summed E-state index contributed by atoms with van der Waals surface area (Å²) in [6.07, 6.45) is 1.57. The number of ether oxygens (including phenoxy) is 2. The number of sulfonamides is 1. The lowest BCUT2D eigenvalue weighted by molar-refractivity contribution is -0.118. The number of anilines is 1. The van der Waals surface area contributed by atoms with Crippen molar-refractivity contribution in [1.82, 2.24) is 0 Å². The van der Waals surface area contributed by atoms with Gasteiger partial charge < -0.3 is 14.8 Å². The number of hydrogen-bond acceptors (Lipinski definition) is 5. The monoisotopic (exact) mass is 436 g/mol. The van der Waals surface area contributed by atoms with E-state index in [1.54, 1.807) is 12.1 Å². The van der Waals surface area contributed by atoms with Gasteiger partial charge in [0.15, 0.2) is 11.5 Å². The Hall–Kier alpha value is -3.36. The largest absolute Gasteiger partial charge is 0.454 e. The van der Waals surface area contributed by atoms with E-state index in [1.807, 2.05) is 42.5 Å². The van der Waals surface area contributed by atoms with Crippen molar-refractivity contribution in [3.8, 4) is 22.6 Å². The highest BCUT2D eigenvalue weighted by molar-refractivity contribution is 7.89. The first-order valence-electron chi connectivity index (χ1n) is 9.80. The maximum Gasteiger partial charge on any atom is 0.238 e. The zero-order chi connectivity index (χ0) is 21.6. The average Bonchev–Trinajstić information content (AvgIpc) is 3.45. The number of nitrogens with two attached hydrogens (primary N) is 1. The molecule has 0 radical (unpaired) electrons. The van der Waals surface area contributed by atoms with Gasteiger partial charge in [-0.2, -0.15) is 0 Å². The van der Waals surface area contributed by atoms with Gasteiger partial charge in [0.05, 0.1) is 10.3 Å². The molecular formula is C23H20N2O5S. The van der Waals surface area contributed by atoms with Crippen molar-refractivity contribution >= 4 is 21.6 Å². The molecule has 3 aromatic carbocycles. The summed E-state index contributed by atoms with van der Waals surface area (Å²) in [5.74, 6) is 1.33. The average molecular weight is 436 g/mol. The van der Waals surface area contributed by atoms with E-state index < -0.39 is 15.4 Å². The van der Waals surface area contributed by atoms with Crippen LogP contribution in [0.3, 0.4) is 0 Å². The minimum Gasteiger partial charge on any atom is -0.454 e. The molecule has 158 valence electrons. The van der Waals surface area contributed by atoms with Crippen LogP contribution in [0.4, 0.5) is 5.69 Å². The van der Waals surface area contributed by atoms with E-state index in [9.17, 15) is 13.2 Å². The maximum atomic E-state index is 13.0. The summed E-state index contributed by atoms with van der Waals surface area (Å²) in [6, 6.07) is 19.4. The molecule has 1 saturated carbocycles.